The second-order valence-electron chi connectivity index (χ2n) is 6.65. The summed E-state index contributed by atoms with van der Waals surface area (Å²) >= 11 is 1.60. The molecular formula is C22H22N4OS. The van der Waals surface area contributed by atoms with Crippen LogP contribution in [0.3, 0.4) is 0 Å². The fourth-order valence-electron chi connectivity index (χ4n) is 3.15. The number of aromatic nitrogens is 4. The zero-order chi connectivity index (χ0) is 19.5. The van der Waals surface area contributed by atoms with Crippen LogP contribution in [0.4, 0.5) is 0 Å². The van der Waals surface area contributed by atoms with Gasteiger partial charge in [0.05, 0.1) is 23.3 Å². The molecule has 0 N–H and O–H groups in total. The Bertz CT molecular complexity index is 1090. The van der Waals surface area contributed by atoms with Crippen LogP contribution in [0.15, 0.2) is 64.3 Å². The molecule has 0 saturated carbocycles. The van der Waals surface area contributed by atoms with E-state index in [2.05, 4.69) is 58.9 Å². The van der Waals surface area contributed by atoms with Crippen molar-refractivity contribution in [1.29, 1.82) is 0 Å². The number of hydrogen-bond acceptors (Lipinski definition) is 5. The Morgan fingerprint density at radius 3 is 2.50 bits per heavy atom. The first-order chi connectivity index (χ1) is 13.7. The van der Waals surface area contributed by atoms with Crippen LogP contribution >= 0.6 is 11.8 Å². The van der Waals surface area contributed by atoms with Crippen molar-refractivity contribution in [3.05, 3.63) is 77.6 Å². The predicted molar refractivity (Wildman–Crippen MR) is 112 cm³/mol. The van der Waals surface area contributed by atoms with Crippen molar-refractivity contribution in [2.45, 2.75) is 38.1 Å². The summed E-state index contributed by atoms with van der Waals surface area (Å²) in [5, 5.41) is 9.08. The van der Waals surface area contributed by atoms with E-state index >= 15 is 0 Å². The topological polar surface area (TPSA) is 56.7 Å². The number of nitrogens with zero attached hydrogens (tertiary/aromatic N) is 4. The molecule has 0 aliphatic carbocycles. The van der Waals surface area contributed by atoms with Crippen LogP contribution in [0.1, 0.15) is 29.8 Å². The molecule has 6 heteroatoms. The highest BCUT2D eigenvalue weighted by Gasteiger charge is 2.17. The molecule has 0 atom stereocenters. The quantitative estimate of drug-likeness (QED) is 0.413. The van der Waals surface area contributed by atoms with E-state index in [1.54, 1.807) is 11.8 Å². The van der Waals surface area contributed by atoms with Gasteiger partial charge in [-0.1, -0.05) is 66.7 Å². The van der Waals surface area contributed by atoms with Crippen molar-refractivity contribution >= 4 is 11.8 Å². The van der Waals surface area contributed by atoms with E-state index in [-0.39, 0.29) is 0 Å². The summed E-state index contributed by atoms with van der Waals surface area (Å²) in [5.41, 5.74) is 5.78. The fraction of sp³-hybridized carbons (Fsp3) is 0.227. The van der Waals surface area contributed by atoms with E-state index in [1.165, 1.54) is 11.1 Å². The van der Waals surface area contributed by atoms with Gasteiger partial charge in [0.15, 0.2) is 5.16 Å². The predicted octanol–water partition coefficient (Wildman–Crippen LogP) is 5.39. The Kier molecular flexibility index (Phi) is 5.30. The molecule has 0 bridgehead atoms. The summed E-state index contributed by atoms with van der Waals surface area (Å²) in [6, 6.07) is 16.8. The second kappa shape index (κ2) is 8.02. The summed E-state index contributed by atoms with van der Waals surface area (Å²) < 4.78 is 7.87. The molecule has 0 spiro atoms. The molecule has 0 saturated heterocycles. The Morgan fingerprint density at radius 1 is 1.00 bits per heavy atom. The number of rotatable bonds is 6. The number of benzene rings is 2. The molecule has 142 valence electrons. The van der Waals surface area contributed by atoms with E-state index in [0.717, 1.165) is 28.5 Å². The van der Waals surface area contributed by atoms with Crippen molar-refractivity contribution in [3.63, 3.8) is 0 Å². The van der Waals surface area contributed by atoms with Gasteiger partial charge in [0, 0.05) is 12.0 Å². The molecule has 28 heavy (non-hydrogen) atoms. The van der Waals surface area contributed by atoms with E-state index < -0.39 is 0 Å². The van der Waals surface area contributed by atoms with E-state index in [0.29, 0.717) is 17.5 Å². The maximum absolute atomic E-state index is 5.65. The number of imidazole rings is 1. The lowest BCUT2D eigenvalue weighted by atomic mass is 10.1. The first-order valence-corrected chi connectivity index (χ1v) is 10.3. The lowest BCUT2D eigenvalue weighted by Crippen LogP contribution is -2.02. The van der Waals surface area contributed by atoms with Crippen molar-refractivity contribution in [2.75, 3.05) is 0 Å². The first kappa shape index (κ1) is 18.5. The maximum Gasteiger partial charge on any atom is 0.226 e. The summed E-state index contributed by atoms with van der Waals surface area (Å²) in [4.78, 5) is 4.71. The van der Waals surface area contributed by atoms with Crippen LogP contribution in [0.5, 0.6) is 0 Å². The molecule has 0 aliphatic rings. The molecule has 0 amide bonds. The molecule has 2 heterocycles. The second-order valence-corrected chi connectivity index (χ2v) is 7.59. The van der Waals surface area contributed by atoms with Crippen molar-refractivity contribution in [1.82, 2.24) is 19.7 Å². The Morgan fingerprint density at radius 2 is 1.79 bits per heavy atom. The van der Waals surface area contributed by atoms with Crippen LogP contribution in [-0.4, -0.2) is 19.7 Å². The molecule has 2 aromatic heterocycles. The highest BCUT2D eigenvalue weighted by Crippen LogP contribution is 2.32. The molecule has 2 aromatic carbocycles. The largest absolute Gasteiger partial charge is 0.424 e. The highest BCUT2D eigenvalue weighted by molar-refractivity contribution is 7.98. The molecule has 5 nitrogen and oxygen atoms in total. The molecule has 0 fully saturated rings. The minimum Gasteiger partial charge on any atom is -0.424 e. The SMILES string of the molecule is CCc1nnc(CSc2ncc(-c3ccccc3)n2-c2ccc(C)cc2C)o1. The van der Waals surface area contributed by atoms with Crippen molar-refractivity contribution in [2.24, 2.45) is 0 Å². The molecule has 4 rings (SSSR count). The van der Waals surface area contributed by atoms with Gasteiger partial charge in [-0.3, -0.25) is 4.57 Å². The molecule has 4 aromatic rings. The number of aryl methyl sites for hydroxylation is 3. The Hall–Kier alpha value is -2.86. The van der Waals surface area contributed by atoms with E-state index in [9.17, 15) is 0 Å². The summed E-state index contributed by atoms with van der Waals surface area (Å²) in [5.74, 6) is 1.87. The van der Waals surface area contributed by atoms with Crippen LogP contribution in [0.25, 0.3) is 16.9 Å². The van der Waals surface area contributed by atoms with Crippen molar-refractivity contribution in [3.8, 4) is 16.9 Å². The van der Waals surface area contributed by atoms with Gasteiger partial charge in [-0.2, -0.15) is 0 Å². The van der Waals surface area contributed by atoms with Gasteiger partial charge < -0.3 is 4.42 Å². The number of thioether (sulfide) groups is 1. The molecule has 0 radical (unpaired) electrons. The van der Waals surface area contributed by atoms with Gasteiger partial charge in [-0.25, -0.2) is 4.98 Å². The normalized spacial score (nSPS) is 11.1. The van der Waals surface area contributed by atoms with Crippen LogP contribution in [0, 0.1) is 13.8 Å². The van der Waals surface area contributed by atoms with Crippen LogP contribution in [-0.2, 0) is 12.2 Å². The first-order valence-electron chi connectivity index (χ1n) is 9.30. The molecule has 0 aliphatic heterocycles. The summed E-state index contributed by atoms with van der Waals surface area (Å²) in [7, 11) is 0. The average molecular weight is 391 g/mol. The maximum atomic E-state index is 5.65. The van der Waals surface area contributed by atoms with Gasteiger partial charge in [0.1, 0.15) is 0 Å². The van der Waals surface area contributed by atoms with Crippen molar-refractivity contribution < 1.29 is 4.42 Å². The lowest BCUT2D eigenvalue weighted by molar-refractivity contribution is 0.470. The monoisotopic (exact) mass is 390 g/mol. The van der Waals surface area contributed by atoms with Gasteiger partial charge in [-0.05, 0) is 25.5 Å². The molecule has 0 unspecified atom stereocenters. The summed E-state index contributed by atoms with van der Waals surface area (Å²) in [6.07, 6.45) is 2.68. The van der Waals surface area contributed by atoms with E-state index in [1.807, 2.05) is 31.3 Å². The Balaban J connectivity index is 1.74. The third kappa shape index (κ3) is 3.73. The zero-order valence-electron chi connectivity index (χ0n) is 16.2. The third-order valence-corrected chi connectivity index (χ3v) is 5.47. The number of hydrogen-bond donors (Lipinski definition) is 0. The van der Waals surface area contributed by atoms with E-state index in [4.69, 9.17) is 9.40 Å². The highest BCUT2D eigenvalue weighted by atomic mass is 32.2. The average Bonchev–Trinajstić information content (AvgIpc) is 3.34. The van der Waals surface area contributed by atoms with Crippen LogP contribution < -0.4 is 0 Å². The smallest absolute Gasteiger partial charge is 0.226 e. The lowest BCUT2D eigenvalue weighted by Gasteiger charge is -2.15. The minimum atomic E-state index is 0.586. The third-order valence-electron chi connectivity index (χ3n) is 4.53. The molecular weight excluding hydrogens is 368 g/mol. The summed E-state index contributed by atoms with van der Waals surface area (Å²) in [6.45, 7) is 6.25. The Labute approximate surface area is 168 Å². The van der Waals surface area contributed by atoms with Crippen LogP contribution in [0.2, 0.25) is 0 Å². The standard InChI is InChI=1S/C22H22N4OS/c1-4-20-24-25-21(27-20)14-28-22-23-13-19(17-8-6-5-7-9-17)26(22)18-11-10-15(2)12-16(18)3/h5-13H,4,14H2,1-3H3. The van der Waals surface area contributed by atoms with Gasteiger partial charge >= 0.3 is 0 Å². The minimum absolute atomic E-state index is 0.586. The fourth-order valence-corrected chi connectivity index (χ4v) is 3.98. The van der Waals surface area contributed by atoms with Gasteiger partial charge in [0.25, 0.3) is 0 Å². The van der Waals surface area contributed by atoms with Gasteiger partial charge in [-0.15, -0.1) is 10.2 Å². The zero-order valence-corrected chi connectivity index (χ0v) is 17.0. The van der Waals surface area contributed by atoms with Gasteiger partial charge in [0.2, 0.25) is 11.8 Å².